The van der Waals surface area contributed by atoms with Gasteiger partial charge in [0.2, 0.25) is 0 Å². The van der Waals surface area contributed by atoms with Crippen LogP contribution in [-0.2, 0) is 30.2 Å². The average Bonchev–Trinajstić information content (AvgIpc) is 2.79. The van der Waals surface area contributed by atoms with Gasteiger partial charge in [-0.15, -0.1) is 0 Å². The van der Waals surface area contributed by atoms with Crippen LogP contribution >= 0.6 is 0 Å². The van der Waals surface area contributed by atoms with E-state index in [0.29, 0.717) is 18.8 Å². The lowest BCUT2D eigenvalue weighted by atomic mass is 10.0. The summed E-state index contributed by atoms with van der Waals surface area (Å²) in [6.07, 6.45) is -2.39. The molecule has 0 aliphatic rings. The Hall–Kier alpha value is -3.54. The summed E-state index contributed by atoms with van der Waals surface area (Å²) in [5.41, 5.74) is -1.95. The second-order valence-electron chi connectivity index (χ2n) is 9.94. The molecule has 220 valence electrons. The topological polar surface area (TPSA) is 156 Å². The van der Waals surface area contributed by atoms with Crippen LogP contribution in [0.1, 0.15) is 66.9 Å². The molecule has 0 heterocycles. The highest BCUT2D eigenvalue weighted by molar-refractivity contribution is 5.80. The van der Waals surface area contributed by atoms with Gasteiger partial charge in [0.1, 0.15) is 0 Å². The number of aliphatic carboxylic acids is 1. The molecule has 12 nitrogen and oxygen atoms in total. The number of carboxylic acid groups (broad SMARTS) is 1. The summed E-state index contributed by atoms with van der Waals surface area (Å²) in [4.78, 5) is 49.0. The van der Waals surface area contributed by atoms with E-state index in [0.717, 1.165) is 0 Å². The van der Waals surface area contributed by atoms with Gasteiger partial charge < -0.3 is 33.5 Å². The maximum Gasteiger partial charge on any atom is 0.513 e. The van der Waals surface area contributed by atoms with Gasteiger partial charge >= 0.3 is 24.4 Å². The molecule has 0 radical (unpaired) electrons. The van der Waals surface area contributed by atoms with E-state index in [1.165, 1.54) is 18.2 Å². The first-order valence-corrected chi connectivity index (χ1v) is 13.0. The van der Waals surface area contributed by atoms with Gasteiger partial charge in [0.05, 0.1) is 19.8 Å². The Morgan fingerprint density at radius 2 is 1.36 bits per heavy atom. The highest BCUT2D eigenvalue weighted by Gasteiger charge is 2.44. The van der Waals surface area contributed by atoms with Crippen LogP contribution in [-0.4, -0.2) is 61.1 Å². The molecule has 0 spiro atoms. The van der Waals surface area contributed by atoms with Crippen molar-refractivity contribution < 1.29 is 52.7 Å². The Kier molecular flexibility index (Phi) is 14.1. The van der Waals surface area contributed by atoms with Crippen molar-refractivity contribution in [1.29, 1.82) is 0 Å². The zero-order chi connectivity index (χ0) is 29.6. The number of ether oxygens (including phenoxy) is 6. The van der Waals surface area contributed by atoms with E-state index in [1.807, 2.05) is 27.7 Å². The minimum absolute atomic E-state index is 0.0214. The summed E-state index contributed by atoms with van der Waals surface area (Å²) in [5.74, 6) is -1.25. The molecule has 0 unspecified atom stereocenters. The van der Waals surface area contributed by atoms with Crippen LogP contribution in [0.3, 0.4) is 0 Å². The molecule has 0 aliphatic heterocycles. The average molecular weight is 556 g/mol. The van der Waals surface area contributed by atoms with Crippen LogP contribution in [0.15, 0.2) is 18.2 Å². The fourth-order valence-electron chi connectivity index (χ4n) is 3.16. The lowest BCUT2D eigenvalue weighted by Gasteiger charge is -2.31. The van der Waals surface area contributed by atoms with Gasteiger partial charge in [-0.3, -0.25) is 5.32 Å². The van der Waals surface area contributed by atoms with Crippen LogP contribution in [0.4, 0.5) is 14.4 Å². The van der Waals surface area contributed by atoms with Crippen molar-refractivity contribution in [1.82, 2.24) is 5.32 Å². The third kappa shape index (κ3) is 12.7. The monoisotopic (exact) mass is 555 g/mol. The zero-order valence-corrected chi connectivity index (χ0v) is 23.7. The molecule has 1 aromatic carbocycles. The van der Waals surface area contributed by atoms with Crippen LogP contribution in [0.5, 0.6) is 11.5 Å². The molecule has 0 aliphatic carbocycles. The quantitative estimate of drug-likeness (QED) is 0.125. The molecule has 2 N–H and O–H groups in total. The highest BCUT2D eigenvalue weighted by atomic mass is 16.8. The number of carbonyl (C=O) groups excluding carboxylic acids is 3. The molecule has 39 heavy (non-hydrogen) atoms. The summed E-state index contributed by atoms with van der Waals surface area (Å²) >= 11 is 0. The molecule has 1 atom stereocenters. The van der Waals surface area contributed by atoms with E-state index >= 15 is 0 Å². The number of nitrogens with one attached hydrogen (secondary N) is 1. The van der Waals surface area contributed by atoms with Gasteiger partial charge in [0, 0.05) is 12.5 Å². The Morgan fingerprint density at radius 1 is 0.821 bits per heavy atom. The van der Waals surface area contributed by atoms with Gasteiger partial charge in [0.15, 0.2) is 11.5 Å². The summed E-state index contributed by atoms with van der Waals surface area (Å²) < 4.78 is 30.7. The van der Waals surface area contributed by atoms with Gasteiger partial charge in [-0.1, -0.05) is 33.8 Å². The number of carboxylic acids is 1. The fraction of sp³-hybridized carbons (Fsp3) is 0.630. The first-order valence-electron chi connectivity index (χ1n) is 13.0. The van der Waals surface area contributed by atoms with Gasteiger partial charge in [-0.25, -0.2) is 19.2 Å². The SMILES string of the molecule is CCOC(=O)O[C@](Cc1ccc(OC(=O)OCCC(C)C)c(OC(=O)OCCC(C)C)c1)(NC(C)C)C(=O)O. The van der Waals surface area contributed by atoms with E-state index in [4.69, 9.17) is 28.4 Å². The largest absolute Gasteiger partial charge is 0.513 e. The van der Waals surface area contributed by atoms with Crippen molar-refractivity contribution in [3.8, 4) is 11.5 Å². The Balaban J connectivity index is 3.30. The summed E-state index contributed by atoms with van der Waals surface area (Å²) in [7, 11) is 0. The van der Waals surface area contributed by atoms with E-state index < -0.39 is 42.6 Å². The molecular formula is C27H41NO11. The van der Waals surface area contributed by atoms with Crippen molar-refractivity contribution in [3.63, 3.8) is 0 Å². The second-order valence-corrected chi connectivity index (χ2v) is 9.94. The maximum atomic E-state index is 12.3. The first-order chi connectivity index (χ1) is 18.3. The van der Waals surface area contributed by atoms with Crippen molar-refractivity contribution in [3.05, 3.63) is 23.8 Å². The third-order valence-corrected chi connectivity index (χ3v) is 5.07. The molecule has 0 aromatic heterocycles. The number of hydrogen-bond acceptors (Lipinski definition) is 11. The lowest BCUT2D eigenvalue weighted by Crippen LogP contribution is -2.59. The Morgan fingerprint density at radius 3 is 1.82 bits per heavy atom. The molecule has 0 fully saturated rings. The molecule has 1 aromatic rings. The van der Waals surface area contributed by atoms with Crippen molar-refractivity contribution in [2.75, 3.05) is 19.8 Å². The summed E-state index contributed by atoms with van der Waals surface area (Å²) in [5, 5.41) is 12.8. The van der Waals surface area contributed by atoms with E-state index in [-0.39, 0.29) is 42.8 Å². The maximum absolute atomic E-state index is 12.3. The molecule has 0 bridgehead atoms. The standard InChI is InChI=1S/C27H41NO11/c1-8-34-26(33)39-27(23(29)30,28-19(6)7)16-20-9-10-21(37-24(31)35-13-11-17(2)3)22(15-20)38-25(32)36-14-12-18(4)5/h9-10,15,17-19,28H,8,11-14,16H2,1-7H3,(H,29,30)/t27-/m0/s1. The fourth-order valence-corrected chi connectivity index (χ4v) is 3.16. The molecule has 12 heteroatoms. The van der Waals surface area contributed by atoms with Gasteiger partial charge in [-0.05, 0) is 63.1 Å². The number of benzene rings is 1. The smallest absolute Gasteiger partial charge is 0.477 e. The Bertz CT molecular complexity index is 961. The lowest BCUT2D eigenvalue weighted by molar-refractivity contribution is -0.166. The van der Waals surface area contributed by atoms with Gasteiger partial charge in [-0.2, -0.15) is 0 Å². The van der Waals surface area contributed by atoms with Crippen molar-refractivity contribution in [2.45, 2.75) is 79.5 Å². The third-order valence-electron chi connectivity index (χ3n) is 5.07. The zero-order valence-electron chi connectivity index (χ0n) is 23.7. The van der Waals surface area contributed by atoms with E-state index in [2.05, 4.69) is 5.32 Å². The van der Waals surface area contributed by atoms with Gasteiger partial charge in [0.25, 0.3) is 5.72 Å². The van der Waals surface area contributed by atoms with Crippen molar-refractivity contribution >= 4 is 24.4 Å². The minimum Gasteiger partial charge on any atom is -0.477 e. The second kappa shape index (κ2) is 16.4. The molecule has 1 rings (SSSR count). The predicted octanol–water partition coefficient (Wildman–Crippen LogP) is 5.30. The predicted molar refractivity (Wildman–Crippen MR) is 140 cm³/mol. The number of carbonyl (C=O) groups is 4. The summed E-state index contributed by atoms with van der Waals surface area (Å²) in [6, 6.07) is 3.61. The van der Waals surface area contributed by atoms with E-state index in [9.17, 15) is 24.3 Å². The molecule has 0 saturated carbocycles. The minimum atomic E-state index is -2.21. The van der Waals surface area contributed by atoms with Crippen molar-refractivity contribution in [2.24, 2.45) is 11.8 Å². The number of rotatable bonds is 15. The van der Waals surface area contributed by atoms with Crippen LogP contribution in [0.25, 0.3) is 0 Å². The van der Waals surface area contributed by atoms with Crippen LogP contribution in [0.2, 0.25) is 0 Å². The first kappa shape index (κ1) is 33.5. The number of hydrogen-bond donors (Lipinski definition) is 2. The van der Waals surface area contributed by atoms with Crippen LogP contribution in [0, 0.1) is 11.8 Å². The highest BCUT2D eigenvalue weighted by Crippen LogP contribution is 2.31. The normalized spacial score (nSPS) is 12.6. The molecule has 0 saturated heterocycles. The molecular weight excluding hydrogens is 514 g/mol. The van der Waals surface area contributed by atoms with E-state index in [1.54, 1.807) is 20.8 Å². The van der Waals surface area contributed by atoms with Crippen LogP contribution < -0.4 is 14.8 Å². The Labute approximate surface area is 229 Å². The summed E-state index contributed by atoms with van der Waals surface area (Å²) in [6.45, 7) is 13.0. The molecule has 0 amide bonds.